The van der Waals surface area contributed by atoms with E-state index in [4.69, 9.17) is 0 Å². The van der Waals surface area contributed by atoms with Crippen LogP contribution in [0.25, 0.3) is 0 Å². The van der Waals surface area contributed by atoms with Crippen LogP contribution >= 0.6 is 0 Å². The van der Waals surface area contributed by atoms with Crippen LogP contribution in [0.1, 0.15) is 46.0 Å². The average molecular weight is 371 g/mol. The molecule has 4 rings (SSSR count). The SMILES string of the molecule is CCN1C(=O)C2(CCN(c3ncccn3)CC2)CC12CCN(C(C)=O)CC2. The van der Waals surface area contributed by atoms with Crippen LogP contribution in [0.4, 0.5) is 5.95 Å². The molecule has 0 bridgehead atoms. The van der Waals surface area contributed by atoms with E-state index in [0.29, 0.717) is 5.91 Å². The minimum atomic E-state index is -0.250. The number of carbonyl (C=O) groups excluding carboxylic acids is 2. The van der Waals surface area contributed by atoms with E-state index >= 15 is 0 Å². The van der Waals surface area contributed by atoms with Gasteiger partial charge in [0.25, 0.3) is 0 Å². The molecule has 0 unspecified atom stereocenters. The second-order valence-corrected chi connectivity index (χ2v) is 8.27. The molecular weight excluding hydrogens is 342 g/mol. The third-order valence-electron chi connectivity index (χ3n) is 6.95. The smallest absolute Gasteiger partial charge is 0.229 e. The second-order valence-electron chi connectivity index (χ2n) is 8.27. The van der Waals surface area contributed by atoms with Gasteiger partial charge in [0.1, 0.15) is 0 Å². The summed E-state index contributed by atoms with van der Waals surface area (Å²) >= 11 is 0. The van der Waals surface area contributed by atoms with Gasteiger partial charge in [0.2, 0.25) is 17.8 Å². The molecule has 3 fully saturated rings. The van der Waals surface area contributed by atoms with Crippen LogP contribution in [0.15, 0.2) is 18.5 Å². The topological polar surface area (TPSA) is 69.6 Å². The van der Waals surface area contributed by atoms with Crippen LogP contribution in [0.2, 0.25) is 0 Å². The molecule has 3 aliphatic rings. The average Bonchev–Trinajstić information content (AvgIpc) is 2.90. The second kappa shape index (κ2) is 6.77. The molecule has 146 valence electrons. The Morgan fingerprint density at radius 3 is 2.26 bits per heavy atom. The van der Waals surface area contributed by atoms with Gasteiger partial charge in [-0.1, -0.05) is 0 Å². The van der Waals surface area contributed by atoms with Crippen LogP contribution in [0, 0.1) is 5.41 Å². The van der Waals surface area contributed by atoms with E-state index in [2.05, 4.69) is 26.7 Å². The maximum Gasteiger partial charge on any atom is 0.229 e. The summed E-state index contributed by atoms with van der Waals surface area (Å²) in [7, 11) is 0. The highest BCUT2D eigenvalue weighted by molar-refractivity contribution is 5.87. The molecule has 0 aliphatic carbocycles. The fourth-order valence-electron chi connectivity index (χ4n) is 5.45. The summed E-state index contributed by atoms with van der Waals surface area (Å²) in [5, 5.41) is 0. The van der Waals surface area contributed by atoms with Gasteiger partial charge in [-0.15, -0.1) is 0 Å². The van der Waals surface area contributed by atoms with Gasteiger partial charge < -0.3 is 14.7 Å². The van der Waals surface area contributed by atoms with Crippen molar-refractivity contribution in [1.82, 2.24) is 19.8 Å². The highest BCUT2D eigenvalue weighted by Crippen LogP contribution is 2.52. The minimum Gasteiger partial charge on any atom is -0.343 e. The first-order chi connectivity index (χ1) is 13.0. The van der Waals surface area contributed by atoms with Gasteiger partial charge in [0, 0.05) is 57.6 Å². The number of carbonyl (C=O) groups is 2. The lowest BCUT2D eigenvalue weighted by Gasteiger charge is -2.44. The van der Waals surface area contributed by atoms with Crippen molar-refractivity contribution in [3.05, 3.63) is 18.5 Å². The number of hydrogen-bond acceptors (Lipinski definition) is 5. The number of nitrogens with zero attached hydrogens (tertiary/aromatic N) is 5. The van der Waals surface area contributed by atoms with Crippen LogP contribution in [-0.2, 0) is 9.59 Å². The van der Waals surface area contributed by atoms with Gasteiger partial charge in [-0.25, -0.2) is 9.97 Å². The van der Waals surface area contributed by atoms with Crippen molar-refractivity contribution >= 4 is 17.8 Å². The molecule has 0 saturated carbocycles. The molecule has 27 heavy (non-hydrogen) atoms. The van der Waals surface area contributed by atoms with Crippen molar-refractivity contribution in [3.63, 3.8) is 0 Å². The lowest BCUT2D eigenvalue weighted by atomic mass is 9.71. The number of anilines is 1. The summed E-state index contributed by atoms with van der Waals surface area (Å²) in [6.07, 6.45) is 7.99. The highest BCUT2D eigenvalue weighted by atomic mass is 16.2. The van der Waals surface area contributed by atoms with Crippen molar-refractivity contribution in [1.29, 1.82) is 0 Å². The Bertz CT molecular complexity index is 706. The summed E-state index contributed by atoms with van der Waals surface area (Å²) in [4.78, 5) is 40.1. The first-order valence-electron chi connectivity index (χ1n) is 10.1. The van der Waals surface area contributed by atoms with E-state index in [-0.39, 0.29) is 16.9 Å². The van der Waals surface area contributed by atoms with Crippen LogP contribution in [0.3, 0.4) is 0 Å². The van der Waals surface area contributed by atoms with Gasteiger partial charge >= 0.3 is 0 Å². The summed E-state index contributed by atoms with van der Waals surface area (Å²) in [5.41, 5.74) is -0.317. The molecule has 2 spiro atoms. The maximum atomic E-state index is 13.4. The fourth-order valence-corrected chi connectivity index (χ4v) is 5.45. The van der Waals surface area contributed by atoms with Gasteiger partial charge in [-0.05, 0) is 45.1 Å². The zero-order valence-corrected chi connectivity index (χ0v) is 16.4. The van der Waals surface area contributed by atoms with E-state index in [1.54, 1.807) is 19.3 Å². The molecule has 3 aliphatic heterocycles. The molecule has 7 nitrogen and oxygen atoms in total. The van der Waals surface area contributed by atoms with Gasteiger partial charge in [0.05, 0.1) is 5.41 Å². The van der Waals surface area contributed by atoms with Crippen molar-refractivity contribution in [2.75, 3.05) is 37.6 Å². The highest BCUT2D eigenvalue weighted by Gasteiger charge is 2.59. The molecule has 0 atom stereocenters. The lowest BCUT2D eigenvalue weighted by molar-refractivity contribution is -0.140. The maximum absolute atomic E-state index is 13.4. The Morgan fingerprint density at radius 2 is 1.70 bits per heavy atom. The van der Waals surface area contributed by atoms with Gasteiger partial charge in [-0.3, -0.25) is 9.59 Å². The van der Waals surface area contributed by atoms with E-state index in [9.17, 15) is 9.59 Å². The van der Waals surface area contributed by atoms with E-state index in [1.807, 2.05) is 11.0 Å². The molecule has 1 aromatic heterocycles. The lowest BCUT2D eigenvalue weighted by Crippen LogP contribution is -2.53. The number of aromatic nitrogens is 2. The largest absolute Gasteiger partial charge is 0.343 e. The predicted molar refractivity (Wildman–Crippen MR) is 102 cm³/mol. The third-order valence-corrected chi connectivity index (χ3v) is 6.95. The van der Waals surface area contributed by atoms with Crippen LogP contribution in [0.5, 0.6) is 0 Å². The molecule has 4 heterocycles. The van der Waals surface area contributed by atoms with Crippen LogP contribution in [-0.4, -0.2) is 69.8 Å². The molecule has 0 aromatic carbocycles. The van der Waals surface area contributed by atoms with Crippen molar-refractivity contribution in [2.24, 2.45) is 5.41 Å². The molecule has 7 heteroatoms. The minimum absolute atomic E-state index is 0.0663. The first kappa shape index (κ1) is 18.2. The third kappa shape index (κ3) is 2.97. The zero-order valence-electron chi connectivity index (χ0n) is 16.4. The normalized spacial score (nSPS) is 24.1. The van der Waals surface area contributed by atoms with Gasteiger partial charge in [-0.2, -0.15) is 0 Å². The van der Waals surface area contributed by atoms with Crippen molar-refractivity contribution in [2.45, 2.75) is 51.5 Å². The number of hydrogen-bond donors (Lipinski definition) is 0. The van der Waals surface area contributed by atoms with Crippen molar-refractivity contribution in [3.8, 4) is 0 Å². The Balaban J connectivity index is 1.50. The Morgan fingerprint density at radius 1 is 1.07 bits per heavy atom. The molecule has 1 aromatic rings. The number of rotatable bonds is 2. The molecule has 0 N–H and O–H groups in total. The van der Waals surface area contributed by atoms with E-state index in [1.165, 1.54) is 0 Å². The summed E-state index contributed by atoms with van der Waals surface area (Å²) < 4.78 is 0. The van der Waals surface area contributed by atoms with Crippen LogP contribution < -0.4 is 4.90 Å². The summed E-state index contributed by atoms with van der Waals surface area (Å²) in [6.45, 7) is 7.65. The Hall–Kier alpha value is -2.18. The Kier molecular flexibility index (Phi) is 4.56. The molecule has 0 radical (unpaired) electrons. The molecular formula is C20H29N5O2. The monoisotopic (exact) mass is 371 g/mol. The number of piperidine rings is 2. The van der Waals surface area contributed by atoms with Gasteiger partial charge in [0.15, 0.2) is 0 Å². The number of likely N-dealkylation sites (tertiary alicyclic amines) is 2. The fraction of sp³-hybridized carbons (Fsp3) is 0.700. The standard InChI is InChI=1S/C20H29N5O2/c1-3-25-17(27)19(15-20(25)7-13-23(14-8-20)16(2)26)5-11-24(12-6-19)18-21-9-4-10-22-18/h4,9-10H,3,5-8,11-15H2,1-2H3. The summed E-state index contributed by atoms with van der Waals surface area (Å²) in [5.74, 6) is 1.23. The molecule has 3 saturated heterocycles. The van der Waals surface area contributed by atoms with E-state index in [0.717, 1.165) is 70.8 Å². The number of amides is 2. The molecule has 2 amide bonds. The first-order valence-corrected chi connectivity index (χ1v) is 10.1. The predicted octanol–water partition coefficient (Wildman–Crippen LogP) is 1.70. The Labute approximate surface area is 160 Å². The van der Waals surface area contributed by atoms with E-state index < -0.39 is 0 Å². The summed E-state index contributed by atoms with van der Waals surface area (Å²) in [6, 6.07) is 1.83. The van der Waals surface area contributed by atoms with Crippen molar-refractivity contribution < 1.29 is 9.59 Å². The zero-order chi connectivity index (χ0) is 19.1. The quantitative estimate of drug-likeness (QED) is 0.791.